The molecule has 4 N–H and O–H groups in total. The number of benzene rings is 1. The van der Waals surface area contributed by atoms with Crippen molar-refractivity contribution in [3.63, 3.8) is 0 Å². The Kier molecular flexibility index (Phi) is 5.16. The van der Waals surface area contributed by atoms with E-state index in [1.807, 2.05) is 30.3 Å². The molecular formula is C12H17N3O2. The Hall–Kier alpha value is -1.88. The molecule has 5 nitrogen and oxygen atoms in total. The number of hydrogen-bond donors (Lipinski definition) is 3. The van der Waals surface area contributed by atoms with Crippen LogP contribution in [0.4, 0.5) is 0 Å². The second kappa shape index (κ2) is 6.65. The molecule has 0 spiro atoms. The van der Waals surface area contributed by atoms with Gasteiger partial charge in [0.15, 0.2) is 0 Å². The van der Waals surface area contributed by atoms with Gasteiger partial charge in [-0.3, -0.25) is 15.0 Å². The van der Waals surface area contributed by atoms with Gasteiger partial charge in [0.1, 0.15) is 6.04 Å². The summed E-state index contributed by atoms with van der Waals surface area (Å²) in [6, 6.07) is 8.83. The van der Waals surface area contributed by atoms with E-state index in [0.29, 0.717) is 12.8 Å². The number of hydrazine groups is 1. The maximum absolute atomic E-state index is 11.5. The topological polar surface area (TPSA) is 84.2 Å². The molecule has 1 unspecified atom stereocenters. The van der Waals surface area contributed by atoms with Crippen LogP contribution < -0.4 is 16.6 Å². The van der Waals surface area contributed by atoms with Gasteiger partial charge in [-0.1, -0.05) is 37.3 Å². The third kappa shape index (κ3) is 4.24. The fourth-order valence-electron chi connectivity index (χ4n) is 1.46. The third-order valence-electron chi connectivity index (χ3n) is 2.40. The van der Waals surface area contributed by atoms with Crippen LogP contribution in [-0.4, -0.2) is 17.9 Å². The quantitative estimate of drug-likeness (QED) is 0.385. The third-order valence-corrected chi connectivity index (χ3v) is 2.40. The van der Waals surface area contributed by atoms with Crippen LogP contribution in [0.15, 0.2) is 30.3 Å². The molecule has 0 aliphatic carbocycles. The van der Waals surface area contributed by atoms with Gasteiger partial charge < -0.3 is 5.32 Å². The Labute approximate surface area is 100 Å². The van der Waals surface area contributed by atoms with E-state index >= 15 is 0 Å². The van der Waals surface area contributed by atoms with Crippen LogP contribution in [0, 0.1) is 0 Å². The van der Waals surface area contributed by atoms with Crippen molar-refractivity contribution in [1.82, 2.24) is 10.7 Å². The van der Waals surface area contributed by atoms with E-state index < -0.39 is 11.9 Å². The van der Waals surface area contributed by atoms with Crippen LogP contribution in [0.25, 0.3) is 0 Å². The molecule has 0 aliphatic heterocycles. The maximum Gasteiger partial charge on any atom is 0.256 e. The van der Waals surface area contributed by atoms with Crippen molar-refractivity contribution in [1.29, 1.82) is 0 Å². The SMILES string of the molecule is CCC(=O)NC(Cc1ccccc1)C(=O)NN. The highest BCUT2D eigenvalue weighted by Crippen LogP contribution is 2.03. The number of hydrogen-bond acceptors (Lipinski definition) is 3. The Morgan fingerprint density at radius 3 is 2.47 bits per heavy atom. The molecule has 1 rings (SSSR count). The van der Waals surface area contributed by atoms with Gasteiger partial charge in [0.2, 0.25) is 5.91 Å². The lowest BCUT2D eigenvalue weighted by atomic mass is 10.1. The lowest BCUT2D eigenvalue weighted by Gasteiger charge is -2.16. The predicted octanol–water partition coefficient (Wildman–Crippen LogP) is 0.114. The molecule has 1 atom stereocenters. The number of nitrogens with one attached hydrogen (secondary N) is 2. The summed E-state index contributed by atoms with van der Waals surface area (Å²) in [7, 11) is 0. The summed E-state index contributed by atoms with van der Waals surface area (Å²) in [6.45, 7) is 1.73. The molecule has 0 fully saturated rings. The molecule has 0 aromatic heterocycles. The largest absolute Gasteiger partial charge is 0.344 e. The van der Waals surface area contributed by atoms with Crippen molar-refractivity contribution in [3.8, 4) is 0 Å². The number of rotatable bonds is 5. The van der Waals surface area contributed by atoms with Gasteiger partial charge in [-0.05, 0) is 5.56 Å². The van der Waals surface area contributed by atoms with E-state index in [1.54, 1.807) is 6.92 Å². The highest BCUT2D eigenvalue weighted by molar-refractivity contribution is 5.87. The van der Waals surface area contributed by atoms with Gasteiger partial charge in [-0.25, -0.2) is 5.84 Å². The van der Waals surface area contributed by atoms with Crippen LogP contribution in [0.5, 0.6) is 0 Å². The lowest BCUT2D eigenvalue weighted by molar-refractivity contribution is -0.128. The first-order valence-corrected chi connectivity index (χ1v) is 5.51. The number of nitrogens with two attached hydrogens (primary N) is 1. The summed E-state index contributed by atoms with van der Waals surface area (Å²) < 4.78 is 0. The van der Waals surface area contributed by atoms with Crippen molar-refractivity contribution in [2.45, 2.75) is 25.8 Å². The zero-order valence-electron chi connectivity index (χ0n) is 9.77. The Morgan fingerprint density at radius 2 is 1.94 bits per heavy atom. The molecule has 0 radical (unpaired) electrons. The highest BCUT2D eigenvalue weighted by Gasteiger charge is 2.19. The molecule has 0 heterocycles. The standard InChI is InChI=1S/C12H17N3O2/c1-2-11(16)14-10(12(17)15-13)8-9-6-4-3-5-7-9/h3-7,10H,2,8,13H2,1H3,(H,14,16)(H,15,17). The Morgan fingerprint density at radius 1 is 1.29 bits per heavy atom. The highest BCUT2D eigenvalue weighted by atomic mass is 16.2. The average molecular weight is 235 g/mol. The smallest absolute Gasteiger partial charge is 0.256 e. The first kappa shape index (κ1) is 13.2. The molecule has 5 heteroatoms. The second-order valence-corrected chi connectivity index (χ2v) is 3.67. The number of amides is 2. The first-order chi connectivity index (χ1) is 8.17. The molecule has 0 saturated carbocycles. The minimum atomic E-state index is -0.630. The monoisotopic (exact) mass is 235 g/mol. The van der Waals surface area contributed by atoms with E-state index in [4.69, 9.17) is 5.84 Å². The van der Waals surface area contributed by atoms with Gasteiger partial charge in [-0.2, -0.15) is 0 Å². The molecule has 0 aliphatic rings. The van der Waals surface area contributed by atoms with Crippen molar-refractivity contribution < 1.29 is 9.59 Å². The predicted molar refractivity (Wildman–Crippen MR) is 64.7 cm³/mol. The second-order valence-electron chi connectivity index (χ2n) is 3.67. The number of carbonyl (C=O) groups excluding carboxylic acids is 2. The summed E-state index contributed by atoms with van der Waals surface area (Å²) in [4.78, 5) is 22.8. The molecule has 17 heavy (non-hydrogen) atoms. The summed E-state index contributed by atoms with van der Waals surface area (Å²) in [6.07, 6.45) is 0.763. The molecular weight excluding hydrogens is 218 g/mol. The van der Waals surface area contributed by atoms with Gasteiger partial charge in [0, 0.05) is 12.8 Å². The normalized spacial score (nSPS) is 11.6. The fraction of sp³-hybridized carbons (Fsp3) is 0.333. The molecule has 1 aromatic rings. The molecule has 0 bridgehead atoms. The Bertz CT molecular complexity index is 379. The van der Waals surface area contributed by atoms with Gasteiger partial charge in [0.05, 0.1) is 0 Å². The summed E-state index contributed by atoms with van der Waals surface area (Å²) in [5.41, 5.74) is 3.03. The Balaban J connectivity index is 2.70. The van der Waals surface area contributed by atoms with Crippen molar-refractivity contribution in [2.75, 3.05) is 0 Å². The summed E-state index contributed by atoms with van der Waals surface area (Å²) in [5.74, 6) is 4.53. The van der Waals surface area contributed by atoms with Crippen molar-refractivity contribution in [2.24, 2.45) is 5.84 Å². The minimum Gasteiger partial charge on any atom is -0.344 e. The minimum absolute atomic E-state index is 0.172. The van der Waals surface area contributed by atoms with Crippen LogP contribution in [0.3, 0.4) is 0 Å². The van der Waals surface area contributed by atoms with E-state index in [2.05, 4.69) is 10.7 Å². The lowest BCUT2D eigenvalue weighted by Crippen LogP contribution is -2.49. The first-order valence-electron chi connectivity index (χ1n) is 5.51. The molecule has 0 saturated heterocycles. The van der Waals surface area contributed by atoms with Crippen molar-refractivity contribution >= 4 is 11.8 Å². The van der Waals surface area contributed by atoms with E-state index in [0.717, 1.165) is 5.56 Å². The van der Waals surface area contributed by atoms with E-state index in [-0.39, 0.29) is 5.91 Å². The van der Waals surface area contributed by atoms with Gasteiger partial charge in [0.25, 0.3) is 5.91 Å². The van der Waals surface area contributed by atoms with Crippen LogP contribution >= 0.6 is 0 Å². The van der Waals surface area contributed by atoms with Crippen LogP contribution in [0.2, 0.25) is 0 Å². The van der Waals surface area contributed by atoms with E-state index in [9.17, 15) is 9.59 Å². The fourth-order valence-corrected chi connectivity index (χ4v) is 1.46. The summed E-state index contributed by atoms with van der Waals surface area (Å²) >= 11 is 0. The van der Waals surface area contributed by atoms with Gasteiger partial charge in [-0.15, -0.1) is 0 Å². The van der Waals surface area contributed by atoms with E-state index in [1.165, 1.54) is 0 Å². The van der Waals surface area contributed by atoms with Crippen LogP contribution in [0.1, 0.15) is 18.9 Å². The molecule has 92 valence electrons. The van der Waals surface area contributed by atoms with Crippen LogP contribution in [-0.2, 0) is 16.0 Å². The van der Waals surface area contributed by atoms with Crippen molar-refractivity contribution in [3.05, 3.63) is 35.9 Å². The zero-order chi connectivity index (χ0) is 12.7. The average Bonchev–Trinajstić information content (AvgIpc) is 2.38. The molecule has 1 aromatic carbocycles. The zero-order valence-corrected chi connectivity index (χ0v) is 9.77. The summed E-state index contributed by atoms with van der Waals surface area (Å²) in [5, 5.41) is 2.63. The number of carbonyl (C=O) groups is 2. The molecule has 2 amide bonds. The maximum atomic E-state index is 11.5. The van der Waals surface area contributed by atoms with Gasteiger partial charge >= 0.3 is 0 Å².